The highest BCUT2D eigenvalue weighted by atomic mass is 35.5. The zero-order valence-corrected chi connectivity index (χ0v) is 10.5. The fraction of sp³-hybridized carbons (Fsp3) is 0.333. The average molecular weight is 268 g/mol. The van der Waals surface area contributed by atoms with Gasteiger partial charge in [0.05, 0.1) is 6.42 Å². The first-order valence-corrected chi connectivity index (χ1v) is 6.01. The van der Waals surface area contributed by atoms with Gasteiger partial charge in [0.2, 0.25) is 11.8 Å². The molecule has 1 aliphatic rings. The number of hydrogen-bond acceptors (Lipinski definition) is 3. The fourth-order valence-electron chi connectivity index (χ4n) is 2.00. The van der Waals surface area contributed by atoms with Crippen molar-refractivity contribution in [3.8, 4) is 0 Å². The Morgan fingerprint density at radius 1 is 1.50 bits per heavy atom. The van der Waals surface area contributed by atoms with Crippen LogP contribution in [-0.2, 0) is 16.0 Å². The first kappa shape index (κ1) is 12.9. The van der Waals surface area contributed by atoms with Crippen molar-refractivity contribution in [1.29, 1.82) is 0 Å². The van der Waals surface area contributed by atoms with E-state index in [9.17, 15) is 9.59 Å². The van der Waals surface area contributed by atoms with E-state index in [4.69, 9.17) is 23.1 Å². The first-order chi connectivity index (χ1) is 8.47. The van der Waals surface area contributed by atoms with E-state index >= 15 is 0 Å². The van der Waals surface area contributed by atoms with E-state index < -0.39 is 0 Å². The molecule has 0 radical (unpaired) electrons. The van der Waals surface area contributed by atoms with E-state index in [0.29, 0.717) is 17.9 Å². The standard InChI is InChI=1S/C12H14ClN3O2/c13-8-5-10-6(4-12(18)16-10)3-7(8)9(14)1-2-11(15)17/h3,5,9H,1-2,4,14H2,(H2,15,17)(H,16,18). The number of nitrogens with two attached hydrogens (primary N) is 2. The Morgan fingerprint density at radius 3 is 2.89 bits per heavy atom. The summed E-state index contributed by atoms with van der Waals surface area (Å²) < 4.78 is 0. The van der Waals surface area contributed by atoms with Crippen molar-refractivity contribution >= 4 is 29.1 Å². The quantitative estimate of drug-likeness (QED) is 0.762. The minimum absolute atomic E-state index is 0.0519. The van der Waals surface area contributed by atoms with Gasteiger partial charge in [-0.25, -0.2) is 0 Å². The van der Waals surface area contributed by atoms with Gasteiger partial charge in [-0.15, -0.1) is 0 Å². The minimum Gasteiger partial charge on any atom is -0.370 e. The number of anilines is 1. The maximum absolute atomic E-state index is 11.3. The van der Waals surface area contributed by atoms with Gasteiger partial charge in [0, 0.05) is 23.2 Å². The number of primary amides is 1. The number of carbonyl (C=O) groups excluding carboxylic acids is 2. The molecular formula is C12H14ClN3O2. The smallest absolute Gasteiger partial charge is 0.228 e. The Labute approximate surface area is 109 Å². The van der Waals surface area contributed by atoms with Gasteiger partial charge in [-0.1, -0.05) is 17.7 Å². The summed E-state index contributed by atoms with van der Waals surface area (Å²) >= 11 is 6.12. The number of benzene rings is 1. The molecule has 5 nitrogen and oxygen atoms in total. The van der Waals surface area contributed by atoms with Crippen molar-refractivity contribution in [2.75, 3.05) is 5.32 Å². The number of carbonyl (C=O) groups is 2. The second-order valence-corrected chi connectivity index (χ2v) is 4.77. The van der Waals surface area contributed by atoms with Crippen LogP contribution in [0.3, 0.4) is 0 Å². The molecule has 0 spiro atoms. The SMILES string of the molecule is NC(=O)CCC(N)c1cc2c(cc1Cl)NC(=O)C2. The molecule has 0 saturated carbocycles. The van der Waals surface area contributed by atoms with Crippen LogP contribution < -0.4 is 16.8 Å². The molecule has 1 aromatic rings. The van der Waals surface area contributed by atoms with E-state index in [1.165, 1.54) is 0 Å². The lowest BCUT2D eigenvalue weighted by Gasteiger charge is -2.14. The fourth-order valence-corrected chi connectivity index (χ4v) is 2.31. The van der Waals surface area contributed by atoms with Gasteiger partial charge in [-0.05, 0) is 23.6 Å². The van der Waals surface area contributed by atoms with Crippen molar-refractivity contribution in [2.45, 2.75) is 25.3 Å². The van der Waals surface area contributed by atoms with Crippen LogP contribution in [0, 0.1) is 0 Å². The predicted octanol–water partition coefficient (Wildman–Crippen LogP) is 1.10. The van der Waals surface area contributed by atoms with Crippen LogP contribution in [0.4, 0.5) is 5.69 Å². The molecule has 0 aromatic heterocycles. The van der Waals surface area contributed by atoms with E-state index in [-0.39, 0.29) is 24.3 Å². The molecule has 0 aliphatic carbocycles. The maximum atomic E-state index is 11.3. The number of fused-ring (bicyclic) bond motifs is 1. The summed E-state index contributed by atoms with van der Waals surface area (Å²) in [5, 5.41) is 3.21. The highest BCUT2D eigenvalue weighted by molar-refractivity contribution is 6.32. The third-order valence-corrected chi connectivity index (χ3v) is 3.28. The van der Waals surface area contributed by atoms with Gasteiger partial charge in [0.25, 0.3) is 0 Å². The van der Waals surface area contributed by atoms with Crippen LogP contribution in [0.15, 0.2) is 12.1 Å². The lowest BCUT2D eigenvalue weighted by atomic mass is 9.99. The van der Waals surface area contributed by atoms with Gasteiger partial charge in [0.15, 0.2) is 0 Å². The molecule has 18 heavy (non-hydrogen) atoms. The van der Waals surface area contributed by atoms with Crippen LogP contribution >= 0.6 is 11.6 Å². The Morgan fingerprint density at radius 2 is 2.22 bits per heavy atom. The van der Waals surface area contributed by atoms with Gasteiger partial charge in [-0.2, -0.15) is 0 Å². The average Bonchev–Trinajstić information content (AvgIpc) is 2.64. The van der Waals surface area contributed by atoms with Crippen molar-refractivity contribution in [3.63, 3.8) is 0 Å². The topological polar surface area (TPSA) is 98.2 Å². The lowest BCUT2D eigenvalue weighted by molar-refractivity contribution is -0.118. The summed E-state index contributed by atoms with van der Waals surface area (Å²) in [6.45, 7) is 0. The third kappa shape index (κ3) is 2.63. The zero-order chi connectivity index (χ0) is 13.3. The molecule has 1 aliphatic heterocycles. The molecule has 1 unspecified atom stereocenters. The van der Waals surface area contributed by atoms with Crippen molar-refractivity contribution in [3.05, 3.63) is 28.3 Å². The van der Waals surface area contributed by atoms with Crippen molar-refractivity contribution in [1.82, 2.24) is 0 Å². The van der Waals surface area contributed by atoms with Gasteiger partial charge < -0.3 is 16.8 Å². The van der Waals surface area contributed by atoms with E-state index in [1.807, 2.05) is 6.07 Å². The number of amides is 2. The Hall–Kier alpha value is -1.59. The molecule has 1 heterocycles. The molecule has 1 aromatic carbocycles. The van der Waals surface area contributed by atoms with Gasteiger partial charge in [0.1, 0.15) is 0 Å². The molecule has 1 atom stereocenters. The second-order valence-electron chi connectivity index (χ2n) is 4.37. The molecule has 0 saturated heterocycles. The Kier molecular flexibility index (Phi) is 3.54. The molecule has 96 valence electrons. The highest BCUT2D eigenvalue weighted by Crippen LogP contribution is 2.33. The predicted molar refractivity (Wildman–Crippen MR) is 69.1 cm³/mol. The Bertz CT molecular complexity index is 516. The number of hydrogen-bond donors (Lipinski definition) is 3. The van der Waals surface area contributed by atoms with Crippen LogP contribution in [0.25, 0.3) is 0 Å². The van der Waals surface area contributed by atoms with Crippen molar-refractivity contribution in [2.24, 2.45) is 11.5 Å². The summed E-state index contributed by atoms with van der Waals surface area (Å²) in [6.07, 6.45) is 0.989. The second kappa shape index (κ2) is 4.96. The number of rotatable bonds is 4. The summed E-state index contributed by atoms with van der Waals surface area (Å²) in [5.74, 6) is -0.441. The molecule has 6 heteroatoms. The summed E-state index contributed by atoms with van der Waals surface area (Å²) in [7, 11) is 0. The van der Waals surface area contributed by atoms with Crippen LogP contribution in [0.1, 0.15) is 30.0 Å². The molecule has 0 fully saturated rings. The maximum Gasteiger partial charge on any atom is 0.228 e. The van der Waals surface area contributed by atoms with E-state index in [1.54, 1.807) is 6.07 Å². The summed E-state index contributed by atoms with van der Waals surface area (Å²) in [6, 6.07) is 3.16. The molecule has 2 amide bonds. The van der Waals surface area contributed by atoms with E-state index in [0.717, 1.165) is 16.8 Å². The van der Waals surface area contributed by atoms with Gasteiger partial charge in [-0.3, -0.25) is 9.59 Å². The van der Waals surface area contributed by atoms with E-state index in [2.05, 4.69) is 5.32 Å². The monoisotopic (exact) mass is 267 g/mol. The molecule has 2 rings (SSSR count). The van der Waals surface area contributed by atoms with Gasteiger partial charge >= 0.3 is 0 Å². The Balaban J connectivity index is 2.21. The molecule has 5 N–H and O–H groups in total. The third-order valence-electron chi connectivity index (χ3n) is 2.95. The van der Waals surface area contributed by atoms with Crippen LogP contribution in [0.2, 0.25) is 5.02 Å². The van der Waals surface area contributed by atoms with Crippen LogP contribution in [0.5, 0.6) is 0 Å². The number of halogens is 1. The van der Waals surface area contributed by atoms with Crippen LogP contribution in [-0.4, -0.2) is 11.8 Å². The largest absolute Gasteiger partial charge is 0.370 e. The summed E-state index contributed by atoms with van der Waals surface area (Å²) in [4.78, 5) is 22.0. The number of nitrogens with one attached hydrogen (secondary N) is 1. The first-order valence-electron chi connectivity index (χ1n) is 5.63. The highest BCUT2D eigenvalue weighted by Gasteiger charge is 2.21. The normalized spacial score (nSPS) is 15.1. The summed E-state index contributed by atoms with van der Waals surface area (Å²) in [5.41, 5.74) is 13.4. The lowest BCUT2D eigenvalue weighted by Crippen LogP contribution is -2.17. The zero-order valence-electron chi connectivity index (χ0n) is 9.70. The molecule has 0 bridgehead atoms. The minimum atomic E-state index is -0.389. The van der Waals surface area contributed by atoms with Crippen molar-refractivity contribution < 1.29 is 9.59 Å². The molecular weight excluding hydrogens is 254 g/mol.